The molecule has 1 aromatic carbocycles. The smallest absolute Gasteiger partial charge is 0.339 e. The van der Waals surface area contributed by atoms with Gasteiger partial charge in [-0.3, -0.25) is 9.69 Å². The lowest BCUT2D eigenvalue weighted by atomic mass is 10.2. The highest BCUT2D eigenvalue weighted by molar-refractivity contribution is 6.45. The van der Waals surface area contributed by atoms with Crippen LogP contribution in [0.3, 0.4) is 0 Å². The number of carbonyl (C=O) groups is 1. The van der Waals surface area contributed by atoms with E-state index in [4.69, 9.17) is 10.00 Å². The number of benzene rings is 1. The molecule has 122 valence electrons. The van der Waals surface area contributed by atoms with Gasteiger partial charge in [0.15, 0.2) is 0 Å². The Morgan fingerprint density at radius 3 is 2.70 bits per heavy atom. The normalized spacial score (nSPS) is 18.7. The predicted molar refractivity (Wildman–Crippen MR) is 75.2 cm³/mol. The molecule has 1 atom stereocenters. The topological polar surface area (TPSA) is 68.9 Å². The van der Waals surface area contributed by atoms with E-state index in [9.17, 15) is 18.0 Å². The summed E-state index contributed by atoms with van der Waals surface area (Å²) in [5, 5.41) is 13.9. The van der Waals surface area contributed by atoms with Crippen molar-refractivity contribution in [3.8, 4) is 6.07 Å². The number of rotatable bonds is 3. The van der Waals surface area contributed by atoms with Crippen LogP contribution in [0.4, 0.5) is 18.9 Å². The van der Waals surface area contributed by atoms with Crippen LogP contribution < -0.4 is 5.01 Å². The number of hydrazone groups is 1. The summed E-state index contributed by atoms with van der Waals surface area (Å²) in [7, 11) is 1.38. The van der Waals surface area contributed by atoms with E-state index < -0.39 is 29.7 Å². The van der Waals surface area contributed by atoms with E-state index in [0.29, 0.717) is 0 Å². The zero-order valence-electron chi connectivity index (χ0n) is 12.3. The van der Waals surface area contributed by atoms with E-state index in [-0.39, 0.29) is 12.3 Å². The van der Waals surface area contributed by atoms with Gasteiger partial charge >= 0.3 is 6.18 Å². The molecule has 6 nitrogen and oxygen atoms in total. The van der Waals surface area contributed by atoms with Crippen LogP contribution >= 0.6 is 0 Å². The van der Waals surface area contributed by atoms with Crippen molar-refractivity contribution in [3.63, 3.8) is 0 Å². The van der Waals surface area contributed by atoms with Gasteiger partial charge in [0.05, 0.1) is 11.3 Å². The van der Waals surface area contributed by atoms with Crippen LogP contribution in [0.2, 0.25) is 0 Å². The zero-order chi connectivity index (χ0) is 17.2. The van der Waals surface area contributed by atoms with Crippen molar-refractivity contribution in [2.45, 2.75) is 19.5 Å². The average molecular weight is 326 g/mol. The van der Waals surface area contributed by atoms with Gasteiger partial charge in [0.1, 0.15) is 6.07 Å². The Morgan fingerprint density at radius 2 is 2.13 bits per heavy atom. The zero-order valence-corrected chi connectivity index (χ0v) is 12.3. The van der Waals surface area contributed by atoms with Crippen molar-refractivity contribution in [3.05, 3.63) is 29.8 Å². The molecule has 1 amide bonds. The maximum absolute atomic E-state index is 12.9. The molecule has 0 radical (unpaired) electrons. The molecule has 2 rings (SSSR count). The molecule has 0 N–H and O–H groups in total. The minimum atomic E-state index is -4.52. The first-order valence-corrected chi connectivity index (χ1v) is 6.63. The van der Waals surface area contributed by atoms with E-state index in [2.05, 4.69) is 5.10 Å². The number of nitriles is 1. The lowest BCUT2D eigenvalue weighted by Crippen LogP contribution is -2.55. The van der Waals surface area contributed by atoms with Crippen molar-refractivity contribution in [1.82, 2.24) is 4.90 Å². The Hall–Kier alpha value is -2.60. The summed E-state index contributed by atoms with van der Waals surface area (Å²) in [5.74, 6) is -0.658. The van der Waals surface area contributed by atoms with Gasteiger partial charge in [-0.2, -0.15) is 23.5 Å². The molecule has 0 fully saturated rings. The van der Waals surface area contributed by atoms with Crippen molar-refractivity contribution in [2.75, 3.05) is 18.7 Å². The fourth-order valence-corrected chi connectivity index (χ4v) is 2.04. The quantitative estimate of drug-likeness (QED) is 0.854. The summed E-state index contributed by atoms with van der Waals surface area (Å²) in [6, 6.07) is 6.05. The number of carbonyl (C=O) groups excluding carboxylic acids is 1. The van der Waals surface area contributed by atoms with Gasteiger partial charge in [0.2, 0.25) is 12.1 Å². The molecule has 0 spiro atoms. The molecule has 9 heteroatoms. The summed E-state index contributed by atoms with van der Waals surface area (Å²) >= 11 is 0. The van der Waals surface area contributed by atoms with Gasteiger partial charge in [0, 0.05) is 13.7 Å². The SMILES string of the molecule is CCO[C@@H]1N(C)C(=O)C(C#N)=NN1c1cccc(C(F)(F)F)c1. The Balaban J connectivity index is 2.51. The Labute approximate surface area is 130 Å². The second kappa shape index (κ2) is 6.26. The molecule has 1 aliphatic heterocycles. The number of ether oxygens (including phenoxy) is 1. The molecule has 0 aliphatic carbocycles. The van der Waals surface area contributed by atoms with Gasteiger partial charge in [0.25, 0.3) is 5.91 Å². The third-order valence-corrected chi connectivity index (χ3v) is 3.13. The maximum Gasteiger partial charge on any atom is 0.416 e. The summed E-state index contributed by atoms with van der Waals surface area (Å²) in [4.78, 5) is 13.0. The first-order valence-electron chi connectivity index (χ1n) is 6.63. The lowest BCUT2D eigenvalue weighted by molar-refractivity contribution is -0.139. The van der Waals surface area contributed by atoms with Crippen molar-refractivity contribution in [1.29, 1.82) is 5.26 Å². The van der Waals surface area contributed by atoms with Gasteiger partial charge in [-0.05, 0) is 25.1 Å². The second-order valence-corrected chi connectivity index (χ2v) is 4.65. The summed E-state index contributed by atoms with van der Waals surface area (Å²) < 4.78 is 44.0. The van der Waals surface area contributed by atoms with Crippen LogP contribution in [0.5, 0.6) is 0 Å². The monoisotopic (exact) mass is 326 g/mol. The highest BCUT2D eigenvalue weighted by atomic mass is 19.4. The van der Waals surface area contributed by atoms with E-state index in [1.807, 2.05) is 0 Å². The molecular formula is C14H13F3N4O2. The summed E-state index contributed by atoms with van der Waals surface area (Å²) in [5.41, 5.74) is -1.23. The molecule has 23 heavy (non-hydrogen) atoms. The van der Waals surface area contributed by atoms with Gasteiger partial charge < -0.3 is 4.74 Å². The summed E-state index contributed by atoms with van der Waals surface area (Å²) in [6.07, 6.45) is -5.55. The number of halogens is 3. The lowest BCUT2D eigenvalue weighted by Gasteiger charge is -2.38. The first kappa shape index (κ1) is 16.8. The van der Waals surface area contributed by atoms with E-state index in [1.165, 1.54) is 19.2 Å². The Bertz CT molecular complexity index is 681. The minimum Gasteiger partial charge on any atom is -0.339 e. The van der Waals surface area contributed by atoms with Crippen LogP contribution in [0.1, 0.15) is 12.5 Å². The molecule has 0 aromatic heterocycles. The fraction of sp³-hybridized carbons (Fsp3) is 0.357. The molecule has 0 saturated heterocycles. The molecule has 0 bridgehead atoms. The Morgan fingerprint density at radius 1 is 1.43 bits per heavy atom. The highest BCUT2D eigenvalue weighted by Crippen LogP contribution is 2.33. The number of amides is 1. The van der Waals surface area contributed by atoms with Crippen molar-refractivity contribution < 1.29 is 22.7 Å². The molecule has 0 unspecified atom stereocenters. The standard InChI is InChI=1S/C14H13F3N4O2/c1-3-23-13-20(2)12(22)11(8-18)19-21(13)10-6-4-5-9(7-10)14(15,16)17/h4-7,13H,3H2,1-2H3/t13-/m1/s1. The Kier molecular flexibility index (Phi) is 4.56. The fourth-order valence-electron chi connectivity index (χ4n) is 2.04. The predicted octanol–water partition coefficient (Wildman–Crippen LogP) is 2.18. The van der Waals surface area contributed by atoms with Crippen LogP contribution in [0, 0.1) is 11.3 Å². The van der Waals surface area contributed by atoms with Crippen LogP contribution in [0.25, 0.3) is 0 Å². The average Bonchev–Trinajstić information content (AvgIpc) is 2.51. The highest BCUT2D eigenvalue weighted by Gasteiger charge is 2.37. The van der Waals surface area contributed by atoms with Crippen LogP contribution in [-0.4, -0.2) is 36.5 Å². The van der Waals surface area contributed by atoms with E-state index in [0.717, 1.165) is 22.0 Å². The molecular weight excluding hydrogens is 313 g/mol. The van der Waals surface area contributed by atoms with Crippen molar-refractivity contribution >= 4 is 17.3 Å². The number of nitrogens with zero attached hydrogens (tertiary/aromatic N) is 4. The third-order valence-electron chi connectivity index (χ3n) is 3.13. The third kappa shape index (κ3) is 3.27. The maximum atomic E-state index is 12.9. The second-order valence-electron chi connectivity index (χ2n) is 4.65. The first-order chi connectivity index (χ1) is 10.8. The van der Waals surface area contributed by atoms with Crippen LogP contribution in [0.15, 0.2) is 29.4 Å². The largest absolute Gasteiger partial charge is 0.416 e. The molecule has 1 heterocycles. The van der Waals surface area contributed by atoms with Crippen LogP contribution in [-0.2, 0) is 15.7 Å². The number of alkyl halides is 3. The van der Waals surface area contributed by atoms with E-state index >= 15 is 0 Å². The number of hydrogen-bond donors (Lipinski definition) is 0. The number of anilines is 1. The molecule has 1 aliphatic rings. The van der Waals surface area contributed by atoms with E-state index in [1.54, 1.807) is 13.0 Å². The van der Waals surface area contributed by atoms with Gasteiger partial charge in [-0.15, -0.1) is 0 Å². The molecule has 1 aromatic rings. The van der Waals surface area contributed by atoms with Gasteiger partial charge in [-0.25, -0.2) is 5.01 Å². The van der Waals surface area contributed by atoms with Gasteiger partial charge in [-0.1, -0.05) is 6.07 Å². The van der Waals surface area contributed by atoms with Crippen molar-refractivity contribution in [2.24, 2.45) is 5.10 Å². The minimum absolute atomic E-state index is 0.0605. The number of hydrogen-bond acceptors (Lipinski definition) is 5. The summed E-state index contributed by atoms with van der Waals surface area (Å²) in [6.45, 7) is 1.88. The molecule has 0 saturated carbocycles.